The van der Waals surface area contributed by atoms with Crippen molar-refractivity contribution in [3.63, 3.8) is 0 Å². The summed E-state index contributed by atoms with van der Waals surface area (Å²) in [4.78, 5) is 24.8. The molecule has 2 atom stereocenters. The molecule has 0 aliphatic carbocycles. The summed E-state index contributed by atoms with van der Waals surface area (Å²) >= 11 is 1.24. The first-order valence-corrected chi connectivity index (χ1v) is 13.1. The number of halogens is 1. The van der Waals surface area contributed by atoms with Gasteiger partial charge in [0.1, 0.15) is 10.8 Å². The van der Waals surface area contributed by atoms with Gasteiger partial charge in [0, 0.05) is 23.1 Å². The number of carboxylic acid groups (broad SMARTS) is 1. The van der Waals surface area contributed by atoms with E-state index in [1.807, 2.05) is 44.2 Å². The Morgan fingerprint density at radius 3 is 2.38 bits per heavy atom. The lowest BCUT2D eigenvalue weighted by molar-refractivity contribution is -0.139. The first kappa shape index (κ1) is 28.0. The van der Waals surface area contributed by atoms with Gasteiger partial charge in [0.25, 0.3) is 0 Å². The molecule has 2 aromatic carbocycles. The molecule has 0 unspecified atom stereocenters. The molecule has 0 amide bonds. The molecule has 0 fully saturated rings. The van der Waals surface area contributed by atoms with Crippen LogP contribution in [0.1, 0.15) is 43.9 Å². The number of hydrogen-bond acceptors (Lipinski definition) is 9. The Balaban J connectivity index is 1.70. The van der Waals surface area contributed by atoms with Gasteiger partial charge in [-0.3, -0.25) is 10.1 Å². The molecule has 0 radical (unpaired) electrons. The van der Waals surface area contributed by atoms with Crippen molar-refractivity contribution in [3.8, 4) is 21.8 Å². The molecule has 4 N–H and O–H groups in total. The van der Waals surface area contributed by atoms with Crippen LogP contribution in [0.4, 0.5) is 16.3 Å². The van der Waals surface area contributed by atoms with Crippen LogP contribution in [0, 0.1) is 5.82 Å². The van der Waals surface area contributed by atoms with Crippen molar-refractivity contribution < 1.29 is 24.5 Å². The van der Waals surface area contributed by atoms with Crippen LogP contribution in [-0.4, -0.2) is 52.8 Å². The fourth-order valence-electron chi connectivity index (χ4n) is 3.90. The van der Waals surface area contributed by atoms with E-state index in [0.29, 0.717) is 28.5 Å². The van der Waals surface area contributed by atoms with E-state index < -0.39 is 30.4 Å². The maximum atomic E-state index is 13.7. The van der Waals surface area contributed by atoms with Crippen LogP contribution in [-0.2, 0) is 4.79 Å². The molecule has 39 heavy (non-hydrogen) atoms. The fraction of sp³-hybridized carbons (Fsp3) is 0.250. The number of aliphatic carboxylic acids is 1. The van der Waals surface area contributed by atoms with Crippen LogP contribution in [0.15, 0.2) is 60.7 Å². The maximum absolute atomic E-state index is 13.7. The number of nitrogens with one attached hydrogen (secondary N) is 1. The minimum atomic E-state index is -1.20. The summed E-state index contributed by atoms with van der Waals surface area (Å²) in [6.45, 7) is 3.92. The predicted molar refractivity (Wildman–Crippen MR) is 148 cm³/mol. The van der Waals surface area contributed by atoms with Crippen molar-refractivity contribution in [2.75, 3.05) is 5.32 Å². The lowest BCUT2D eigenvalue weighted by atomic mass is 9.97. The lowest BCUT2D eigenvalue weighted by Gasteiger charge is -2.16. The van der Waals surface area contributed by atoms with E-state index in [1.165, 1.54) is 29.7 Å². The average molecular weight is 550 g/mol. The standard InChI is InChI=1S/C28H28FN5O4S/c1-16(2)24-22(13-12-20(35)14-21(36)15-23(37)38)25(17-8-10-19(29)11-9-17)31-27(30-24)33-28-32-26(39-34-28)18-6-4-3-5-7-18/h3-13,16,20-21,35-36H,14-15H2,1-2H3,(H,37,38)(H,30,31,33,34)/t20-,21-/m1/s1. The number of aliphatic hydroxyl groups is 2. The van der Waals surface area contributed by atoms with E-state index in [2.05, 4.69) is 14.7 Å². The van der Waals surface area contributed by atoms with Gasteiger partial charge in [-0.2, -0.15) is 9.36 Å². The van der Waals surface area contributed by atoms with Gasteiger partial charge in [0.15, 0.2) is 0 Å². The minimum absolute atomic E-state index is 0.0644. The molecule has 0 aliphatic heterocycles. The van der Waals surface area contributed by atoms with Gasteiger partial charge in [0.2, 0.25) is 11.9 Å². The molecule has 4 rings (SSSR count). The molecule has 9 nitrogen and oxygen atoms in total. The highest BCUT2D eigenvalue weighted by Crippen LogP contribution is 2.32. The SMILES string of the molecule is CC(C)c1nc(Nc2nsc(-c3ccccc3)n2)nc(-c2ccc(F)cc2)c1C=C[C@@H](O)C[C@@H](O)CC(=O)O. The van der Waals surface area contributed by atoms with E-state index in [9.17, 15) is 19.4 Å². The third-order valence-corrected chi connectivity index (χ3v) is 6.48. The number of aromatic nitrogens is 4. The molecule has 2 heterocycles. The summed E-state index contributed by atoms with van der Waals surface area (Å²) in [6.07, 6.45) is 0.189. The zero-order chi connectivity index (χ0) is 27.9. The molecule has 0 saturated heterocycles. The van der Waals surface area contributed by atoms with Gasteiger partial charge in [-0.1, -0.05) is 56.3 Å². The van der Waals surface area contributed by atoms with Crippen molar-refractivity contribution >= 4 is 35.5 Å². The number of benzene rings is 2. The topological polar surface area (TPSA) is 141 Å². The molecule has 202 valence electrons. The first-order valence-electron chi connectivity index (χ1n) is 12.3. The summed E-state index contributed by atoms with van der Waals surface area (Å²) in [5.41, 5.74) is 3.31. The molecule has 11 heteroatoms. The van der Waals surface area contributed by atoms with Crippen molar-refractivity contribution in [1.29, 1.82) is 0 Å². The van der Waals surface area contributed by atoms with Crippen LogP contribution in [0.25, 0.3) is 27.9 Å². The highest BCUT2D eigenvalue weighted by atomic mass is 32.1. The van der Waals surface area contributed by atoms with Gasteiger partial charge in [-0.15, -0.1) is 0 Å². The van der Waals surface area contributed by atoms with E-state index in [-0.39, 0.29) is 18.3 Å². The summed E-state index contributed by atoms with van der Waals surface area (Å²) in [7, 11) is 0. The highest BCUT2D eigenvalue weighted by Gasteiger charge is 2.19. The number of hydrogen-bond donors (Lipinski definition) is 4. The lowest BCUT2D eigenvalue weighted by Crippen LogP contribution is -2.19. The van der Waals surface area contributed by atoms with Gasteiger partial charge in [-0.25, -0.2) is 14.4 Å². The zero-order valence-electron chi connectivity index (χ0n) is 21.3. The van der Waals surface area contributed by atoms with Crippen molar-refractivity contribution in [3.05, 3.63) is 77.7 Å². The Kier molecular flexibility index (Phi) is 9.07. The van der Waals surface area contributed by atoms with Crippen molar-refractivity contribution in [2.24, 2.45) is 0 Å². The Bertz CT molecular complexity index is 1440. The second-order valence-corrected chi connectivity index (χ2v) is 9.94. The zero-order valence-corrected chi connectivity index (χ0v) is 22.1. The summed E-state index contributed by atoms with van der Waals surface area (Å²) in [5.74, 6) is -1.02. The average Bonchev–Trinajstić information content (AvgIpc) is 3.36. The number of carboxylic acids is 1. The van der Waals surface area contributed by atoms with E-state index in [4.69, 9.17) is 15.1 Å². The fourth-order valence-corrected chi connectivity index (χ4v) is 4.52. The smallest absolute Gasteiger partial charge is 0.305 e. The van der Waals surface area contributed by atoms with E-state index in [1.54, 1.807) is 18.2 Å². The van der Waals surface area contributed by atoms with Crippen molar-refractivity contribution in [2.45, 2.75) is 44.8 Å². The molecular weight excluding hydrogens is 521 g/mol. The van der Waals surface area contributed by atoms with E-state index >= 15 is 0 Å². The number of carbonyl (C=O) groups is 1. The Labute approximate surface area is 228 Å². The molecule has 0 spiro atoms. The summed E-state index contributed by atoms with van der Waals surface area (Å²) in [6, 6.07) is 15.5. The highest BCUT2D eigenvalue weighted by molar-refractivity contribution is 7.09. The Morgan fingerprint density at radius 2 is 1.72 bits per heavy atom. The van der Waals surface area contributed by atoms with Crippen LogP contribution in [0.3, 0.4) is 0 Å². The Hall–Kier alpha value is -4.06. The van der Waals surface area contributed by atoms with Crippen molar-refractivity contribution in [1.82, 2.24) is 19.3 Å². The van der Waals surface area contributed by atoms with Crippen LogP contribution in [0.2, 0.25) is 0 Å². The second-order valence-electron chi connectivity index (χ2n) is 9.18. The molecule has 4 aromatic rings. The number of aliphatic hydroxyl groups excluding tert-OH is 2. The molecular formula is C28H28FN5O4S. The van der Waals surface area contributed by atoms with Gasteiger partial charge in [-0.05, 0) is 41.7 Å². The third-order valence-electron chi connectivity index (χ3n) is 5.72. The normalized spacial score (nSPS) is 13.1. The second kappa shape index (κ2) is 12.7. The first-order chi connectivity index (χ1) is 18.7. The third kappa shape index (κ3) is 7.50. The summed E-state index contributed by atoms with van der Waals surface area (Å²) < 4.78 is 18.1. The molecule has 2 aromatic heterocycles. The van der Waals surface area contributed by atoms with Gasteiger partial charge < -0.3 is 15.3 Å². The maximum Gasteiger partial charge on any atom is 0.305 e. The summed E-state index contributed by atoms with van der Waals surface area (Å²) in [5, 5.41) is 33.0. The molecule has 0 bridgehead atoms. The minimum Gasteiger partial charge on any atom is -0.481 e. The molecule has 0 aliphatic rings. The Morgan fingerprint density at radius 1 is 1.00 bits per heavy atom. The van der Waals surface area contributed by atoms with Crippen LogP contribution < -0.4 is 5.32 Å². The van der Waals surface area contributed by atoms with Crippen LogP contribution >= 0.6 is 11.5 Å². The monoisotopic (exact) mass is 549 g/mol. The number of anilines is 2. The van der Waals surface area contributed by atoms with E-state index in [0.717, 1.165) is 10.6 Å². The quantitative estimate of drug-likeness (QED) is 0.197. The number of nitrogens with zero attached hydrogens (tertiary/aromatic N) is 4. The van der Waals surface area contributed by atoms with Gasteiger partial charge >= 0.3 is 5.97 Å². The predicted octanol–water partition coefficient (Wildman–Crippen LogP) is 5.27. The largest absolute Gasteiger partial charge is 0.481 e. The van der Waals surface area contributed by atoms with Gasteiger partial charge in [0.05, 0.1) is 30.0 Å². The van der Waals surface area contributed by atoms with Crippen LogP contribution in [0.5, 0.6) is 0 Å². The number of rotatable bonds is 11. The molecule has 0 saturated carbocycles.